The van der Waals surface area contributed by atoms with Crippen molar-refractivity contribution in [2.45, 2.75) is 6.92 Å². The molecule has 1 aliphatic rings. The van der Waals surface area contributed by atoms with Gasteiger partial charge in [0, 0.05) is 31.9 Å². The van der Waals surface area contributed by atoms with E-state index in [0.717, 1.165) is 50.8 Å². The SMILES string of the molecule is CCOc1ccc(Nc2nncc(NCCN3CCOCC3)n2)cc1. The van der Waals surface area contributed by atoms with E-state index in [0.29, 0.717) is 18.4 Å². The number of hydrogen-bond acceptors (Lipinski definition) is 8. The summed E-state index contributed by atoms with van der Waals surface area (Å²) >= 11 is 0. The smallest absolute Gasteiger partial charge is 0.249 e. The zero-order valence-corrected chi connectivity index (χ0v) is 14.4. The molecular formula is C17H24N6O2. The highest BCUT2D eigenvalue weighted by Crippen LogP contribution is 2.18. The molecule has 2 N–H and O–H groups in total. The number of nitrogens with one attached hydrogen (secondary N) is 2. The minimum atomic E-state index is 0.459. The van der Waals surface area contributed by atoms with Crippen molar-refractivity contribution in [1.29, 1.82) is 0 Å². The first-order chi connectivity index (χ1) is 12.3. The molecule has 134 valence electrons. The predicted octanol–water partition coefficient (Wildman–Crippen LogP) is 1.76. The van der Waals surface area contributed by atoms with Crippen LogP contribution in [0.25, 0.3) is 0 Å². The standard InChI is InChI=1S/C17H24N6O2/c1-2-25-15-5-3-14(4-6-15)20-17-21-16(13-19-22-17)18-7-8-23-9-11-24-12-10-23/h3-6,13H,2,7-12H2,1H3,(H2,18,20,21,22). The van der Waals surface area contributed by atoms with Crippen LogP contribution in [0.5, 0.6) is 5.75 Å². The fourth-order valence-corrected chi connectivity index (χ4v) is 2.54. The first-order valence-electron chi connectivity index (χ1n) is 8.57. The molecule has 0 amide bonds. The van der Waals surface area contributed by atoms with Crippen LogP contribution in [-0.4, -0.2) is 66.1 Å². The molecule has 0 unspecified atom stereocenters. The van der Waals surface area contributed by atoms with E-state index in [1.165, 1.54) is 0 Å². The quantitative estimate of drug-likeness (QED) is 0.749. The van der Waals surface area contributed by atoms with Gasteiger partial charge in [-0.3, -0.25) is 4.90 Å². The topological polar surface area (TPSA) is 84.4 Å². The maximum atomic E-state index is 5.43. The molecule has 8 nitrogen and oxygen atoms in total. The molecule has 8 heteroatoms. The van der Waals surface area contributed by atoms with Crippen LogP contribution in [-0.2, 0) is 4.74 Å². The number of nitrogens with zero attached hydrogens (tertiary/aromatic N) is 4. The first-order valence-corrected chi connectivity index (χ1v) is 8.57. The summed E-state index contributed by atoms with van der Waals surface area (Å²) in [5, 5.41) is 14.5. The van der Waals surface area contributed by atoms with Crippen molar-refractivity contribution < 1.29 is 9.47 Å². The second-order valence-corrected chi connectivity index (χ2v) is 5.63. The van der Waals surface area contributed by atoms with Crippen molar-refractivity contribution in [3.63, 3.8) is 0 Å². The molecule has 1 aromatic heterocycles. The highest BCUT2D eigenvalue weighted by Gasteiger charge is 2.09. The molecule has 2 aromatic rings. The van der Waals surface area contributed by atoms with Crippen LogP contribution in [0, 0.1) is 0 Å². The summed E-state index contributed by atoms with van der Waals surface area (Å²) in [5.41, 5.74) is 0.885. The van der Waals surface area contributed by atoms with E-state index >= 15 is 0 Å². The number of hydrogen-bond donors (Lipinski definition) is 2. The van der Waals surface area contributed by atoms with Gasteiger partial charge < -0.3 is 20.1 Å². The highest BCUT2D eigenvalue weighted by molar-refractivity contribution is 5.55. The third-order valence-corrected chi connectivity index (χ3v) is 3.82. The fourth-order valence-electron chi connectivity index (χ4n) is 2.54. The highest BCUT2D eigenvalue weighted by atomic mass is 16.5. The van der Waals surface area contributed by atoms with Gasteiger partial charge in [-0.15, -0.1) is 5.10 Å². The second kappa shape index (κ2) is 9.14. The Balaban J connectivity index is 1.50. The number of morpholine rings is 1. The number of ether oxygens (including phenoxy) is 2. The van der Waals surface area contributed by atoms with Crippen LogP contribution in [0.15, 0.2) is 30.5 Å². The zero-order chi connectivity index (χ0) is 17.3. The van der Waals surface area contributed by atoms with Gasteiger partial charge in [0.25, 0.3) is 0 Å². The third-order valence-electron chi connectivity index (χ3n) is 3.82. The molecule has 0 radical (unpaired) electrons. The average Bonchev–Trinajstić information content (AvgIpc) is 2.65. The van der Waals surface area contributed by atoms with Crippen LogP contribution in [0.4, 0.5) is 17.5 Å². The van der Waals surface area contributed by atoms with Crippen LogP contribution in [0.1, 0.15) is 6.92 Å². The summed E-state index contributed by atoms with van der Waals surface area (Å²) in [7, 11) is 0. The lowest BCUT2D eigenvalue weighted by Gasteiger charge is -2.26. The molecule has 1 aromatic carbocycles. The van der Waals surface area contributed by atoms with Gasteiger partial charge in [0.05, 0.1) is 26.0 Å². The molecule has 1 saturated heterocycles. The lowest BCUT2D eigenvalue weighted by atomic mass is 10.3. The van der Waals surface area contributed by atoms with Gasteiger partial charge in [0.2, 0.25) is 5.95 Å². The predicted molar refractivity (Wildman–Crippen MR) is 96.5 cm³/mol. The maximum Gasteiger partial charge on any atom is 0.249 e. The van der Waals surface area contributed by atoms with Crippen LogP contribution >= 0.6 is 0 Å². The second-order valence-electron chi connectivity index (χ2n) is 5.63. The van der Waals surface area contributed by atoms with Gasteiger partial charge in [-0.05, 0) is 31.2 Å². The summed E-state index contributed by atoms with van der Waals surface area (Å²) in [6.45, 7) is 7.95. The van der Waals surface area contributed by atoms with Crippen molar-refractivity contribution in [1.82, 2.24) is 20.1 Å². The summed E-state index contributed by atoms with van der Waals surface area (Å²) in [4.78, 5) is 6.80. The Morgan fingerprint density at radius 2 is 2.00 bits per heavy atom. The van der Waals surface area contributed by atoms with Crippen molar-refractivity contribution >= 4 is 17.5 Å². The molecule has 25 heavy (non-hydrogen) atoms. The minimum Gasteiger partial charge on any atom is -0.494 e. The molecule has 0 aliphatic carbocycles. The summed E-state index contributed by atoms with van der Waals surface area (Å²) in [5.74, 6) is 2.00. The van der Waals surface area contributed by atoms with E-state index in [1.54, 1.807) is 6.20 Å². The summed E-state index contributed by atoms with van der Waals surface area (Å²) in [6.07, 6.45) is 1.63. The van der Waals surface area contributed by atoms with Crippen LogP contribution in [0.3, 0.4) is 0 Å². The largest absolute Gasteiger partial charge is 0.494 e. The molecule has 0 spiro atoms. The Bertz CT molecular complexity index is 646. The van der Waals surface area contributed by atoms with Gasteiger partial charge in [-0.1, -0.05) is 0 Å². The molecule has 0 atom stereocenters. The lowest BCUT2D eigenvalue weighted by Crippen LogP contribution is -2.39. The maximum absolute atomic E-state index is 5.43. The Morgan fingerprint density at radius 1 is 1.20 bits per heavy atom. The molecule has 1 fully saturated rings. The number of aromatic nitrogens is 3. The van der Waals surface area contributed by atoms with E-state index in [9.17, 15) is 0 Å². The van der Waals surface area contributed by atoms with Gasteiger partial charge >= 0.3 is 0 Å². The third kappa shape index (κ3) is 5.54. The van der Waals surface area contributed by atoms with E-state index in [2.05, 4.69) is 30.7 Å². The van der Waals surface area contributed by atoms with Crippen LogP contribution < -0.4 is 15.4 Å². The Kier molecular flexibility index (Phi) is 6.35. The minimum absolute atomic E-state index is 0.459. The first kappa shape index (κ1) is 17.4. The number of benzene rings is 1. The zero-order valence-electron chi connectivity index (χ0n) is 14.4. The van der Waals surface area contributed by atoms with E-state index in [1.807, 2.05) is 31.2 Å². The normalized spacial score (nSPS) is 14.9. The summed E-state index contributed by atoms with van der Waals surface area (Å²) in [6, 6.07) is 7.66. The van der Waals surface area contributed by atoms with E-state index in [-0.39, 0.29) is 0 Å². The number of rotatable bonds is 8. The fraction of sp³-hybridized carbons (Fsp3) is 0.471. The Labute approximate surface area is 147 Å². The molecule has 0 saturated carbocycles. The molecular weight excluding hydrogens is 320 g/mol. The van der Waals surface area contributed by atoms with Gasteiger partial charge in [-0.2, -0.15) is 10.1 Å². The monoisotopic (exact) mass is 344 g/mol. The van der Waals surface area contributed by atoms with Crippen molar-refractivity contribution in [2.75, 3.05) is 56.6 Å². The molecule has 0 bridgehead atoms. The van der Waals surface area contributed by atoms with Crippen molar-refractivity contribution in [3.8, 4) is 5.75 Å². The summed E-state index contributed by atoms with van der Waals surface area (Å²) < 4.78 is 10.8. The number of anilines is 3. The Morgan fingerprint density at radius 3 is 2.76 bits per heavy atom. The van der Waals surface area contributed by atoms with Gasteiger partial charge in [-0.25, -0.2) is 0 Å². The molecule has 2 heterocycles. The van der Waals surface area contributed by atoms with Gasteiger partial charge in [0.1, 0.15) is 5.75 Å². The van der Waals surface area contributed by atoms with E-state index < -0.39 is 0 Å². The van der Waals surface area contributed by atoms with Crippen molar-refractivity contribution in [2.24, 2.45) is 0 Å². The Hall–Kier alpha value is -2.45. The van der Waals surface area contributed by atoms with Gasteiger partial charge in [0.15, 0.2) is 5.82 Å². The van der Waals surface area contributed by atoms with E-state index in [4.69, 9.17) is 9.47 Å². The average molecular weight is 344 g/mol. The van der Waals surface area contributed by atoms with Crippen molar-refractivity contribution in [3.05, 3.63) is 30.5 Å². The van der Waals surface area contributed by atoms with Crippen LogP contribution in [0.2, 0.25) is 0 Å². The molecule has 3 rings (SSSR count). The lowest BCUT2D eigenvalue weighted by molar-refractivity contribution is 0.0398. The molecule has 1 aliphatic heterocycles.